The minimum absolute atomic E-state index is 0.379. The molecule has 1 aliphatic carbocycles. The second-order valence-electron chi connectivity index (χ2n) is 5.32. The van der Waals surface area contributed by atoms with Crippen molar-refractivity contribution in [2.24, 2.45) is 0 Å². The fourth-order valence-corrected chi connectivity index (χ4v) is 3.60. The van der Waals surface area contributed by atoms with Crippen LogP contribution < -0.4 is 5.32 Å². The van der Waals surface area contributed by atoms with Crippen LogP contribution in [-0.2, 0) is 11.2 Å². The predicted molar refractivity (Wildman–Crippen MR) is 86.2 cm³/mol. The van der Waals surface area contributed by atoms with Crippen LogP contribution in [0.15, 0.2) is 24.3 Å². The summed E-state index contributed by atoms with van der Waals surface area (Å²) < 4.78 is 5.39. The molecule has 6 heteroatoms. The summed E-state index contributed by atoms with van der Waals surface area (Å²) in [5, 5.41) is 14.6. The second-order valence-corrected chi connectivity index (χ2v) is 6.81. The van der Waals surface area contributed by atoms with E-state index in [2.05, 4.69) is 15.5 Å². The van der Waals surface area contributed by atoms with Gasteiger partial charge in [0.25, 0.3) is 0 Å². The molecule has 1 aromatic carbocycles. The summed E-state index contributed by atoms with van der Waals surface area (Å²) in [4.78, 5) is 0. The van der Waals surface area contributed by atoms with Crippen molar-refractivity contribution in [3.8, 4) is 0 Å². The minimum atomic E-state index is 0.379. The van der Waals surface area contributed by atoms with Crippen molar-refractivity contribution in [3.63, 3.8) is 0 Å². The number of anilines is 1. The van der Waals surface area contributed by atoms with Crippen LogP contribution in [0.3, 0.4) is 0 Å². The molecule has 2 aromatic rings. The first-order chi connectivity index (χ1) is 10.2. The van der Waals surface area contributed by atoms with E-state index in [0.29, 0.717) is 12.1 Å². The highest BCUT2D eigenvalue weighted by molar-refractivity contribution is 7.15. The number of ether oxygens (including phenoxy) is 1. The van der Waals surface area contributed by atoms with Crippen LogP contribution in [0.5, 0.6) is 0 Å². The smallest absolute Gasteiger partial charge is 0.205 e. The molecule has 0 saturated heterocycles. The molecule has 3 rings (SSSR count). The number of hydrogen-bond donors (Lipinski definition) is 1. The first kappa shape index (κ1) is 14.8. The standard InChI is InChI=1S/C15H18ClN3OS/c1-20-13-7-6-12(9-13)17-15-19-18-14(21-15)8-10-2-4-11(16)5-3-10/h2-5,12-13H,6-9H2,1H3,(H,17,19). The molecule has 0 bridgehead atoms. The molecule has 1 aliphatic rings. The van der Waals surface area contributed by atoms with Gasteiger partial charge in [-0.05, 0) is 37.0 Å². The number of aromatic nitrogens is 2. The zero-order valence-corrected chi connectivity index (χ0v) is 13.5. The number of halogens is 1. The molecule has 0 spiro atoms. The molecule has 2 unspecified atom stereocenters. The minimum Gasteiger partial charge on any atom is -0.381 e. The molecule has 1 saturated carbocycles. The van der Waals surface area contributed by atoms with Gasteiger partial charge in [-0.3, -0.25) is 0 Å². The van der Waals surface area contributed by atoms with Gasteiger partial charge in [-0.25, -0.2) is 0 Å². The molecule has 0 aliphatic heterocycles. The van der Waals surface area contributed by atoms with Crippen molar-refractivity contribution in [2.75, 3.05) is 12.4 Å². The third-order valence-electron chi connectivity index (χ3n) is 3.78. The van der Waals surface area contributed by atoms with Crippen molar-refractivity contribution in [1.29, 1.82) is 0 Å². The second kappa shape index (κ2) is 6.73. The number of rotatable bonds is 5. The normalized spacial score (nSPS) is 21.6. The van der Waals surface area contributed by atoms with Gasteiger partial charge in [0.1, 0.15) is 5.01 Å². The lowest BCUT2D eigenvalue weighted by Gasteiger charge is -2.10. The predicted octanol–water partition coefficient (Wildman–Crippen LogP) is 3.76. The Balaban J connectivity index is 1.57. The van der Waals surface area contributed by atoms with Crippen LogP contribution >= 0.6 is 22.9 Å². The number of nitrogens with zero attached hydrogens (tertiary/aromatic N) is 2. The lowest BCUT2D eigenvalue weighted by molar-refractivity contribution is 0.108. The monoisotopic (exact) mass is 323 g/mol. The lowest BCUT2D eigenvalue weighted by Crippen LogP contribution is -2.17. The van der Waals surface area contributed by atoms with Crippen LogP contribution in [0.2, 0.25) is 5.02 Å². The Bertz CT molecular complexity index is 587. The Morgan fingerprint density at radius 3 is 2.81 bits per heavy atom. The molecule has 1 N–H and O–H groups in total. The molecule has 1 fully saturated rings. The molecule has 1 heterocycles. The van der Waals surface area contributed by atoms with E-state index in [1.807, 2.05) is 24.3 Å². The maximum Gasteiger partial charge on any atom is 0.205 e. The van der Waals surface area contributed by atoms with E-state index in [1.165, 1.54) is 5.56 Å². The van der Waals surface area contributed by atoms with E-state index < -0.39 is 0 Å². The molecule has 0 radical (unpaired) electrons. The molecule has 1 aromatic heterocycles. The third-order valence-corrected chi connectivity index (χ3v) is 4.89. The van der Waals surface area contributed by atoms with Gasteiger partial charge in [0.2, 0.25) is 5.13 Å². The van der Waals surface area contributed by atoms with E-state index in [-0.39, 0.29) is 0 Å². The molecule has 4 nitrogen and oxygen atoms in total. The number of hydrogen-bond acceptors (Lipinski definition) is 5. The van der Waals surface area contributed by atoms with Gasteiger partial charge in [-0.15, -0.1) is 10.2 Å². The Morgan fingerprint density at radius 2 is 2.10 bits per heavy atom. The Kier molecular flexibility index (Phi) is 4.73. The molecule has 21 heavy (non-hydrogen) atoms. The van der Waals surface area contributed by atoms with Crippen molar-refractivity contribution >= 4 is 28.1 Å². The van der Waals surface area contributed by atoms with Gasteiger partial charge >= 0.3 is 0 Å². The van der Waals surface area contributed by atoms with Crippen molar-refractivity contribution in [1.82, 2.24) is 10.2 Å². The molecular weight excluding hydrogens is 306 g/mol. The Morgan fingerprint density at radius 1 is 1.29 bits per heavy atom. The fourth-order valence-electron chi connectivity index (χ4n) is 2.62. The van der Waals surface area contributed by atoms with Crippen molar-refractivity contribution in [3.05, 3.63) is 39.9 Å². The van der Waals surface area contributed by atoms with Gasteiger partial charge in [0, 0.05) is 24.6 Å². The third kappa shape index (κ3) is 3.93. The first-order valence-corrected chi connectivity index (χ1v) is 8.28. The summed E-state index contributed by atoms with van der Waals surface area (Å²) >= 11 is 7.51. The van der Waals surface area contributed by atoms with Crippen LogP contribution in [0.1, 0.15) is 29.8 Å². The van der Waals surface area contributed by atoms with Crippen molar-refractivity contribution in [2.45, 2.75) is 37.8 Å². The van der Waals surface area contributed by atoms with Gasteiger partial charge in [-0.1, -0.05) is 35.1 Å². The highest BCUT2D eigenvalue weighted by Gasteiger charge is 2.25. The van der Waals surface area contributed by atoms with E-state index in [4.69, 9.17) is 16.3 Å². The van der Waals surface area contributed by atoms with E-state index in [9.17, 15) is 0 Å². The molecule has 2 atom stereocenters. The number of nitrogens with one attached hydrogen (secondary N) is 1. The first-order valence-electron chi connectivity index (χ1n) is 7.09. The van der Waals surface area contributed by atoms with E-state index in [1.54, 1.807) is 18.4 Å². The largest absolute Gasteiger partial charge is 0.381 e. The Hall–Kier alpha value is -1.17. The van der Waals surface area contributed by atoms with E-state index >= 15 is 0 Å². The zero-order valence-electron chi connectivity index (χ0n) is 11.9. The quantitative estimate of drug-likeness (QED) is 0.910. The number of benzene rings is 1. The summed E-state index contributed by atoms with van der Waals surface area (Å²) in [5.74, 6) is 0. The molecule has 0 amide bonds. The fraction of sp³-hybridized carbons (Fsp3) is 0.467. The van der Waals surface area contributed by atoms with Crippen LogP contribution in [0, 0.1) is 0 Å². The summed E-state index contributed by atoms with van der Waals surface area (Å²) in [6.07, 6.45) is 4.46. The van der Waals surface area contributed by atoms with Gasteiger partial charge in [0.15, 0.2) is 0 Å². The van der Waals surface area contributed by atoms with Gasteiger partial charge in [0.05, 0.1) is 6.10 Å². The van der Waals surface area contributed by atoms with Crippen LogP contribution in [0.4, 0.5) is 5.13 Å². The lowest BCUT2D eigenvalue weighted by atomic mass is 10.2. The number of methoxy groups -OCH3 is 1. The average molecular weight is 324 g/mol. The average Bonchev–Trinajstić information content (AvgIpc) is 3.11. The van der Waals surface area contributed by atoms with E-state index in [0.717, 1.165) is 40.8 Å². The Labute approximate surface area is 133 Å². The van der Waals surface area contributed by atoms with Crippen molar-refractivity contribution < 1.29 is 4.74 Å². The topological polar surface area (TPSA) is 47.0 Å². The highest BCUT2D eigenvalue weighted by Crippen LogP contribution is 2.27. The summed E-state index contributed by atoms with van der Waals surface area (Å²) in [6.45, 7) is 0. The zero-order chi connectivity index (χ0) is 14.7. The highest BCUT2D eigenvalue weighted by atomic mass is 35.5. The molecular formula is C15H18ClN3OS. The summed E-state index contributed by atoms with van der Waals surface area (Å²) in [7, 11) is 1.78. The summed E-state index contributed by atoms with van der Waals surface area (Å²) in [5.41, 5.74) is 1.20. The summed E-state index contributed by atoms with van der Waals surface area (Å²) in [6, 6.07) is 8.31. The van der Waals surface area contributed by atoms with Crippen LogP contribution in [0.25, 0.3) is 0 Å². The molecule has 112 valence electrons. The SMILES string of the molecule is COC1CCC(Nc2nnc(Cc3ccc(Cl)cc3)s2)C1. The van der Waals surface area contributed by atoms with Crippen LogP contribution in [-0.4, -0.2) is 29.5 Å². The van der Waals surface area contributed by atoms with Gasteiger partial charge < -0.3 is 10.1 Å². The maximum atomic E-state index is 5.89. The van der Waals surface area contributed by atoms with Gasteiger partial charge in [-0.2, -0.15) is 0 Å². The maximum absolute atomic E-state index is 5.89.